The molecule has 3 rings (SSSR count). The average molecular weight is 354 g/mol. The van der Waals surface area contributed by atoms with Crippen LogP contribution in [0.1, 0.15) is 66.9 Å². The van der Waals surface area contributed by atoms with Crippen LogP contribution in [0.5, 0.6) is 17.2 Å². The first kappa shape index (κ1) is 18.3. The maximum atomic E-state index is 11.9. The molecular weight excluding hydrogens is 328 g/mol. The highest BCUT2D eigenvalue weighted by Gasteiger charge is 2.26. The van der Waals surface area contributed by atoms with Gasteiger partial charge in [-0.1, -0.05) is 57.2 Å². The molecule has 0 atom stereocenters. The van der Waals surface area contributed by atoms with Gasteiger partial charge in [-0.25, -0.2) is 4.79 Å². The van der Waals surface area contributed by atoms with Gasteiger partial charge >= 0.3 is 5.97 Å². The number of hydrogen-bond donors (Lipinski definition) is 1. The van der Waals surface area contributed by atoms with Crippen molar-refractivity contribution in [1.29, 1.82) is 0 Å². The Balaban J connectivity index is 1.69. The average Bonchev–Trinajstić information content (AvgIpc) is 2.65. The Kier molecular flexibility index (Phi) is 6.16. The summed E-state index contributed by atoms with van der Waals surface area (Å²) in [5.74, 6) is 0.862. The number of unbranched alkanes of at least 4 members (excludes halogenated alkanes) is 5. The highest BCUT2D eigenvalue weighted by atomic mass is 16.5. The van der Waals surface area contributed by atoms with Crippen molar-refractivity contribution >= 4 is 5.97 Å². The molecule has 0 radical (unpaired) electrons. The molecule has 138 valence electrons. The molecule has 1 N–H and O–H groups in total. The number of carbonyl (C=O) groups is 1. The summed E-state index contributed by atoms with van der Waals surface area (Å²) >= 11 is 0. The predicted octanol–water partition coefficient (Wildman–Crippen LogP) is 5.82. The monoisotopic (exact) mass is 354 g/mol. The lowest BCUT2D eigenvalue weighted by atomic mass is 9.95. The van der Waals surface area contributed by atoms with E-state index in [1.165, 1.54) is 25.7 Å². The summed E-state index contributed by atoms with van der Waals surface area (Å²) in [6.07, 6.45) is 7.57. The van der Waals surface area contributed by atoms with Crippen LogP contribution < -0.4 is 9.47 Å². The first-order chi connectivity index (χ1) is 12.7. The van der Waals surface area contributed by atoms with E-state index >= 15 is 0 Å². The van der Waals surface area contributed by atoms with Crippen molar-refractivity contribution in [2.45, 2.75) is 51.9 Å². The van der Waals surface area contributed by atoms with Gasteiger partial charge in [0.15, 0.2) is 0 Å². The number of para-hydroxylation sites is 1. The number of ether oxygens (including phenoxy) is 2. The third-order valence-electron chi connectivity index (χ3n) is 4.76. The second kappa shape index (κ2) is 8.75. The maximum Gasteiger partial charge on any atom is 0.339 e. The largest absolute Gasteiger partial charge is 0.493 e. The molecule has 0 saturated carbocycles. The van der Waals surface area contributed by atoms with E-state index in [4.69, 9.17) is 9.47 Å². The maximum absolute atomic E-state index is 11.9. The van der Waals surface area contributed by atoms with E-state index in [0.717, 1.165) is 24.2 Å². The summed E-state index contributed by atoms with van der Waals surface area (Å²) in [5, 5.41) is 9.73. The van der Waals surface area contributed by atoms with Gasteiger partial charge in [-0.15, -0.1) is 0 Å². The van der Waals surface area contributed by atoms with Crippen LogP contribution in [0.3, 0.4) is 0 Å². The van der Waals surface area contributed by atoms with E-state index < -0.39 is 5.97 Å². The molecule has 0 bridgehead atoms. The lowest BCUT2D eigenvalue weighted by molar-refractivity contribution is 0.0690. The fourth-order valence-electron chi connectivity index (χ4n) is 3.36. The van der Waals surface area contributed by atoms with Crippen molar-refractivity contribution in [2.75, 3.05) is 6.61 Å². The molecule has 0 spiro atoms. The molecule has 0 saturated heterocycles. The van der Waals surface area contributed by atoms with Crippen molar-refractivity contribution in [2.24, 2.45) is 0 Å². The molecule has 1 aliphatic rings. The smallest absolute Gasteiger partial charge is 0.339 e. The number of aromatic carboxylic acids is 1. The van der Waals surface area contributed by atoms with E-state index in [1.807, 2.05) is 30.3 Å². The normalized spacial score (nSPS) is 12.0. The van der Waals surface area contributed by atoms with Crippen LogP contribution in [0, 0.1) is 0 Å². The number of fused-ring (bicyclic) bond motifs is 2. The predicted molar refractivity (Wildman–Crippen MR) is 102 cm³/mol. The van der Waals surface area contributed by atoms with Gasteiger partial charge < -0.3 is 14.6 Å². The summed E-state index contributed by atoms with van der Waals surface area (Å²) in [7, 11) is 0. The summed E-state index contributed by atoms with van der Waals surface area (Å²) in [4.78, 5) is 11.9. The highest BCUT2D eigenvalue weighted by molar-refractivity contribution is 5.94. The first-order valence-electron chi connectivity index (χ1n) is 9.48. The van der Waals surface area contributed by atoms with Gasteiger partial charge in [0, 0.05) is 12.0 Å². The SMILES string of the molecule is CCCCCCCCOc1ccc2c(c1C(=O)O)Cc1ccccc1O2. The van der Waals surface area contributed by atoms with Crippen LogP contribution in [-0.4, -0.2) is 17.7 Å². The quantitative estimate of drug-likeness (QED) is 0.492. The van der Waals surface area contributed by atoms with Gasteiger partial charge in [0.2, 0.25) is 0 Å². The highest BCUT2D eigenvalue weighted by Crippen LogP contribution is 2.41. The molecule has 26 heavy (non-hydrogen) atoms. The summed E-state index contributed by atoms with van der Waals surface area (Å²) in [6, 6.07) is 11.3. The van der Waals surface area contributed by atoms with Crippen LogP contribution in [0.4, 0.5) is 0 Å². The van der Waals surface area contributed by atoms with Crippen LogP contribution >= 0.6 is 0 Å². The Hall–Kier alpha value is -2.49. The summed E-state index contributed by atoms with van der Waals surface area (Å²) < 4.78 is 11.7. The molecule has 0 fully saturated rings. The molecule has 0 amide bonds. The number of benzene rings is 2. The summed E-state index contributed by atoms with van der Waals surface area (Å²) in [5.41, 5.74) is 1.91. The van der Waals surface area contributed by atoms with E-state index in [2.05, 4.69) is 6.92 Å². The van der Waals surface area contributed by atoms with Crippen LogP contribution in [0.2, 0.25) is 0 Å². The van der Waals surface area contributed by atoms with Crippen molar-refractivity contribution in [3.8, 4) is 17.2 Å². The van der Waals surface area contributed by atoms with Crippen LogP contribution in [0.25, 0.3) is 0 Å². The molecule has 1 aliphatic heterocycles. The van der Waals surface area contributed by atoms with Gasteiger partial charge in [-0.05, 0) is 30.2 Å². The lowest BCUT2D eigenvalue weighted by Gasteiger charge is -2.23. The number of carboxylic acid groups (broad SMARTS) is 1. The van der Waals surface area contributed by atoms with E-state index in [0.29, 0.717) is 30.1 Å². The minimum Gasteiger partial charge on any atom is -0.493 e. The second-order valence-corrected chi connectivity index (χ2v) is 6.72. The number of carboxylic acids is 1. The second-order valence-electron chi connectivity index (χ2n) is 6.72. The van der Waals surface area contributed by atoms with Crippen LogP contribution in [-0.2, 0) is 6.42 Å². The Labute approximate surface area is 154 Å². The van der Waals surface area contributed by atoms with E-state index in [9.17, 15) is 9.90 Å². The molecule has 0 aliphatic carbocycles. The lowest BCUT2D eigenvalue weighted by Crippen LogP contribution is -2.12. The zero-order valence-electron chi connectivity index (χ0n) is 15.3. The minimum absolute atomic E-state index is 0.225. The molecule has 0 unspecified atom stereocenters. The van der Waals surface area contributed by atoms with Crippen molar-refractivity contribution < 1.29 is 19.4 Å². The molecule has 4 heteroatoms. The molecule has 2 aromatic carbocycles. The van der Waals surface area contributed by atoms with Gasteiger partial charge in [0.1, 0.15) is 22.8 Å². The standard InChI is InChI=1S/C22H26O4/c1-2-3-4-5-6-9-14-25-20-13-12-19-17(21(20)22(23)24)15-16-10-7-8-11-18(16)26-19/h7-8,10-13H,2-6,9,14-15H2,1H3,(H,23,24). The molecule has 2 aromatic rings. The van der Waals surface area contributed by atoms with E-state index in [1.54, 1.807) is 6.07 Å². The van der Waals surface area contributed by atoms with Gasteiger partial charge in [-0.3, -0.25) is 0 Å². The Morgan fingerprint density at radius 1 is 1.04 bits per heavy atom. The molecular formula is C22H26O4. The first-order valence-corrected chi connectivity index (χ1v) is 9.48. The topological polar surface area (TPSA) is 55.8 Å². The Morgan fingerprint density at radius 3 is 2.62 bits per heavy atom. The summed E-state index contributed by atoms with van der Waals surface area (Å²) in [6.45, 7) is 2.75. The third-order valence-corrected chi connectivity index (χ3v) is 4.76. The number of rotatable bonds is 9. The minimum atomic E-state index is -0.970. The van der Waals surface area contributed by atoms with Crippen molar-refractivity contribution in [3.05, 3.63) is 53.1 Å². The molecule has 1 heterocycles. The zero-order valence-corrected chi connectivity index (χ0v) is 15.3. The van der Waals surface area contributed by atoms with Crippen LogP contribution in [0.15, 0.2) is 36.4 Å². The van der Waals surface area contributed by atoms with Gasteiger partial charge in [-0.2, -0.15) is 0 Å². The van der Waals surface area contributed by atoms with Gasteiger partial charge in [0.25, 0.3) is 0 Å². The fourth-order valence-corrected chi connectivity index (χ4v) is 3.36. The number of hydrogen-bond acceptors (Lipinski definition) is 3. The molecule has 0 aromatic heterocycles. The Morgan fingerprint density at radius 2 is 1.81 bits per heavy atom. The third kappa shape index (κ3) is 4.18. The van der Waals surface area contributed by atoms with E-state index in [-0.39, 0.29) is 5.56 Å². The van der Waals surface area contributed by atoms with Gasteiger partial charge in [0.05, 0.1) is 6.61 Å². The zero-order chi connectivity index (χ0) is 18.4. The molecule has 4 nitrogen and oxygen atoms in total. The van der Waals surface area contributed by atoms with Crippen molar-refractivity contribution in [3.63, 3.8) is 0 Å². The fraction of sp³-hybridized carbons (Fsp3) is 0.409. The Bertz CT molecular complexity index is 767. The van der Waals surface area contributed by atoms with Crippen molar-refractivity contribution in [1.82, 2.24) is 0 Å².